The molecule has 0 fully saturated rings. The predicted octanol–water partition coefficient (Wildman–Crippen LogP) is 3.11. The summed E-state index contributed by atoms with van der Waals surface area (Å²) in [6, 6.07) is 5.92. The minimum Gasteiger partial charge on any atom is -0.494 e. The maximum absolute atomic E-state index is 13.6. The van der Waals surface area contributed by atoms with Crippen molar-refractivity contribution in [3.63, 3.8) is 0 Å². The van der Waals surface area contributed by atoms with Crippen molar-refractivity contribution in [2.45, 2.75) is 27.3 Å². The molecule has 2 N–H and O–H groups in total. The van der Waals surface area contributed by atoms with Crippen molar-refractivity contribution in [1.82, 2.24) is 15.1 Å². The predicted molar refractivity (Wildman–Crippen MR) is 90.8 cm³/mol. The minimum atomic E-state index is -0.520. The van der Waals surface area contributed by atoms with Crippen LogP contribution in [0.25, 0.3) is 0 Å². The second-order valence-corrected chi connectivity index (χ2v) is 5.90. The first-order valence-electron chi connectivity index (χ1n) is 7.78. The van der Waals surface area contributed by atoms with Crippen molar-refractivity contribution in [3.05, 3.63) is 41.5 Å². The second kappa shape index (κ2) is 7.81. The average molecular weight is 334 g/mol. The number of aryl methyl sites for hydroxylation is 2. The number of methoxy groups -OCH3 is 1. The molecular formula is C17H23FN4O2. The lowest BCUT2D eigenvalue weighted by Gasteiger charge is -2.14. The number of nitrogens with one attached hydrogen (secondary N) is 2. The third-order valence-electron chi connectivity index (χ3n) is 3.61. The number of nitrogens with zero attached hydrogens (tertiary/aromatic N) is 2. The molecule has 1 atom stereocenters. The highest BCUT2D eigenvalue weighted by molar-refractivity contribution is 5.89. The Morgan fingerprint density at radius 2 is 2.12 bits per heavy atom. The van der Waals surface area contributed by atoms with Crippen LogP contribution in [0.5, 0.6) is 5.75 Å². The zero-order chi connectivity index (χ0) is 17.7. The highest BCUT2D eigenvalue weighted by Crippen LogP contribution is 2.20. The number of benzene rings is 1. The Morgan fingerprint density at radius 3 is 2.71 bits per heavy atom. The SMILES string of the molecule is COc1ccc(NC(=O)NCC(C)Cn2nc(C)cc2C)cc1F. The molecule has 0 radical (unpaired) electrons. The summed E-state index contributed by atoms with van der Waals surface area (Å²) in [5.74, 6) is -0.172. The van der Waals surface area contributed by atoms with Gasteiger partial charge in [0.25, 0.3) is 0 Å². The summed E-state index contributed by atoms with van der Waals surface area (Å²) in [6.45, 7) is 7.20. The summed E-state index contributed by atoms with van der Waals surface area (Å²) in [5.41, 5.74) is 2.45. The largest absolute Gasteiger partial charge is 0.494 e. The van der Waals surface area contributed by atoms with Gasteiger partial charge in [-0.05, 0) is 38.0 Å². The van der Waals surface area contributed by atoms with Gasteiger partial charge in [-0.25, -0.2) is 9.18 Å². The number of hydrogen-bond acceptors (Lipinski definition) is 3. The van der Waals surface area contributed by atoms with Gasteiger partial charge in [-0.1, -0.05) is 6.92 Å². The van der Waals surface area contributed by atoms with E-state index in [0.29, 0.717) is 12.2 Å². The molecule has 1 aromatic heterocycles. The Hall–Kier alpha value is -2.57. The van der Waals surface area contributed by atoms with Crippen molar-refractivity contribution in [2.75, 3.05) is 19.0 Å². The van der Waals surface area contributed by atoms with E-state index >= 15 is 0 Å². The first-order chi connectivity index (χ1) is 11.4. The standard InChI is InChI=1S/C17H23FN4O2/c1-11(10-22-13(3)7-12(2)21-22)9-19-17(23)20-14-5-6-16(24-4)15(18)8-14/h5-8,11H,9-10H2,1-4H3,(H2,19,20,23). The highest BCUT2D eigenvalue weighted by atomic mass is 19.1. The number of anilines is 1. The molecule has 1 heterocycles. The van der Waals surface area contributed by atoms with Gasteiger partial charge in [0.15, 0.2) is 11.6 Å². The Balaban J connectivity index is 1.82. The molecule has 1 unspecified atom stereocenters. The van der Waals surface area contributed by atoms with Crippen LogP contribution < -0.4 is 15.4 Å². The number of ether oxygens (including phenoxy) is 1. The number of carbonyl (C=O) groups is 1. The summed E-state index contributed by atoms with van der Waals surface area (Å²) in [4.78, 5) is 11.9. The van der Waals surface area contributed by atoms with Gasteiger partial charge in [-0.15, -0.1) is 0 Å². The molecule has 24 heavy (non-hydrogen) atoms. The molecule has 2 rings (SSSR count). The van der Waals surface area contributed by atoms with Crippen LogP contribution in [0.4, 0.5) is 14.9 Å². The van der Waals surface area contributed by atoms with Crippen molar-refractivity contribution in [1.29, 1.82) is 0 Å². The van der Waals surface area contributed by atoms with Gasteiger partial charge < -0.3 is 15.4 Å². The number of amides is 2. The molecule has 2 amide bonds. The van der Waals surface area contributed by atoms with E-state index in [2.05, 4.69) is 15.7 Å². The molecule has 0 saturated carbocycles. The van der Waals surface area contributed by atoms with Gasteiger partial charge in [0, 0.05) is 30.5 Å². The summed E-state index contributed by atoms with van der Waals surface area (Å²) >= 11 is 0. The molecular weight excluding hydrogens is 311 g/mol. The van der Waals surface area contributed by atoms with E-state index in [1.165, 1.54) is 19.2 Å². The normalized spacial score (nSPS) is 11.9. The molecule has 0 spiro atoms. The Kier molecular flexibility index (Phi) is 5.78. The van der Waals surface area contributed by atoms with Crippen molar-refractivity contribution in [3.8, 4) is 5.75 Å². The monoisotopic (exact) mass is 334 g/mol. The fourth-order valence-electron chi connectivity index (χ4n) is 2.41. The molecule has 0 aliphatic carbocycles. The van der Waals surface area contributed by atoms with E-state index in [-0.39, 0.29) is 17.7 Å². The van der Waals surface area contributed by atoms with Crippen LogP contribution in [-0.2, 0) is 6.54 Å². The van der Waals surface area contributed by atoms with Crippen LogP contribution in [0.3, 0.4) is 0 Å². The number of halogens is 1. The second-order valence-electron chi connectivity index (χ2n) is 5.90. The maximum atomic E-state index is 13.6. The molecule has 130 valence electrons. The average Bonchev–Trinajstić information content (AvgIpc) is 2.83. The fourth-order valence-corrected chi connectivity index (χ4v) is 2.41. The number of hydrogen-bond donors (Lipinski definition) is 2. The Bertz CT molecular complexity index is 715. The third-order valence-corrected chi connectivity index (χ3v) is 3.61. The molecule has 6 nitrogen and oxygen atoms in total. The zero-order valence-corrected chi connectivity index (χ0v) is 14.4. The first-order valence-corrected chi connectivity index (χ1v) is 7.78. The van der Waals surface area contributed by atoms with Gasteiger partial charge in [0.05, 0.1) is 12.8 Å². The number of aromatic nitrogens is 2. The van der Waals surface area contributed by atoms with E-state index < -0.39 is 5.82 Å². The van der Waals surface area contributed by atoms with Crippen LogP contribution in [0.15, 0.2) is 24.3 Å². The van der Waals surface area contributed by atoms with Crippen LogP contribution in [0.1, 0.15) is 18.3 Å². The van der Waals surface area contributed by atoms with E-state index in [1.54, 1.807) is 6.07 Å². The smallest absolute Gasteiger partial charge is 0.319 e. The van der Waals surface area contributed by atoms with E-state index in [0.717, 1.165) is 17.9 Å². The van der Waals surface area contributed by atoms with Gasteiger partial charge in [-0.3, -0.25) is 4.68 Å². The number of carbonyl (C=O) groups excluding carboxylic acids is 1. The van der Waals surface area contributed by atoms with Crippen LogP contribution in [0, 0.1) is 25.6 Å². The lowest BCUT2D eigenvalue weighted by molar-refractivity contribution is 0.249. The lowest BCUT2D eigenvalue weighted by atomic mass is 10.2. The van der Waals surface area contributed by atoms with Gasteiger partial charge in [0.2, 0.25) is 0 Å². The zero-order valence-electron chi connectivity index (χ0n) is 14.4. The summed E-state index contributed by atoms with van der Waals surface area (Å²) in [6.07, 6.45) is 0. The fraction of sp³-hybridized carbons (Fsp3) is 0.412. The van der Waals surface area contributed by atoms with E-state index in [1.807, 2.05) is 31.5 Å². The van der Waals surface area contributed by atoms with Crippen molar-refractivity contribution < 1.29 is 13.9 Å². The minimum absolute atomic E-state index is 0.138. The maximum Gasteiger partial charge on any atom is 0.319 e. The van der Waals surface area contributed by atoms with Gasteiger partial charge in [-0.2, -0.15) is 5.10 Å². The molecule has 0 aliphatic rings. The molecule has 7 heteroatoms. The van der Waals surface area contributed by atoms with Crippen LogP contribution >= 0.6 is 0 Å². The molecule has 0 aliphatic heterocycles. The summed E-state index contributed by atoms with van der Waals surface area (Å²) in [5, 5.41) is 9.79. The number of rotatable bonds is 6. The third kappa shape index (κ3) is 4.71. The molecule has 1 aromatic carbocycles. The first kappa shape index (κ1) is 17.8. The quantitative estimate of drug-likeness (QED) is 0.853. The van der Waals surface area contributed by atoms with Gasteiger partial charge >= 0.3 is 6.03 Å². The van der Waals surface area contributed by atoms with Gasteiger partial charge in [0.1, 0.15) is 0 Å². The Labute approximate surface area is 141 Å². The topological polar surface area (TPSA) is 68.2 Å². The van der Waals surface area contributed by atoms with Crippen LogP contribution in [0.2, 0.25) is 0 Å². The van der Waals surface area contributed by atoms with E-state index in [4.69, 9.17) is 4.74 Å². The molecule has 0 bridgehead atoms. The van der Waals surface area contributed by atoms with Crippen molar-refractivity contribution >= 4 is 11.7 Å². The van der Waals surface area contributed by atoms with Crippen molar-refractivity contribution in [2.24, 2.45) is 5.92 Å². The summed E-state index contributed by atoms with van der Waals surface area (Å²) in [7, 11) is 1.39. The Morgan fingerprint density at radius 1 is 1.38 bits per heavy atom. The lowest BCUT2D eigenvalue weighted by Crippen LogP contribution is -2.33. The number of urea groups is 1. The molecule has 0 saturated heterocycles. The summed E-state index contributed by atoms with van der Waals surface area (Å²) < 4.78 is 20.4. The van der Waals surface area contributed by atoms with E-state index in [9.17, 15) is 9.18 Å². The highest BCUT2D eigenvalue weighted by Gasteiger charge is 2.10. The molecule has 2 aromatic rings. The van der Waals surface area contributed by atoms with Crippen LogP contribution in [-0.4, -0.2) is 29.5 Å².